The Kier molecular flexibility index (Phi) is 7.04. The van der Waals surface area contributed by atoms with E-state index in [0.29, 0.717) is 23.6 Å². The molecule has 0 spiro atoms. The van der Waals surface area contributed by atoms with Crippen molar-refractivity contribution >= 4 is 23.4 Å². The van der Waals surface area contributed by atoms with E-state index in [1.807, 2.05) is 38.1 Å². The Morgan fingerprint density at radius 3 is 2.42 bits per heavy atom. The SMILES string of the molecule is CCC(C)C(=O)NNC(=O)c1ccc(COc2ccc(Cl)c(C)c2)cc1. The van der Waals surface area contributed by atoms with Crippen LogP contribution < -0.4 is 15.6 Å². The molecule has 2 rings (SSSR count). The molecule has 0 saturated carbocycles. The fraction of sp³-hybridized carbons (Fsp3) is 0.300. The molecular formula is C20H23ClN2O3. The molecule has 0 radical (unpaired) electrons. The molecule has 2 aromatic carbocycles. The standard InChI is InChI=1S/C20H23ClN2O3/c1-4-13(2)19(24)22-23-20(25)16-7-5-15(6-8-16)12-26-17-9-10-18(21)14(3)11-17/h5-11,13H,4,12H2,1-3H3,(H,22,24)(H,23,25). The van der Waals surface area contributed by atoms with Crippen molar-refractivity contribution < 1.29 is 14.3 Å². The lowest BCUT2D eigenvalue weighted by Crippen LogP contribution is -2.43. The molecule has 2 amide bonds. The van der Waals surface area contributed by atoms with E-state index in [9.17, 15) is 9.59 Å². The normalized spacial score (nSPS) is 11.5. The van der Waals surface area contributed by atoms with Crippen molar-refractivity contribution in [2.75, 3.05) is 0 Å². The lowest BCUT2D eigenvalue weighted by molar-refractivity contribution is -0.125. The Balaban J connectivity index is 1.88. The average molecular weight is 375 g/mol. The predicted octanol–water partition coefficient (Wildman–Crippen LogP) is 4.03. The number of rotatable bonds is 6. The molecule has 0 aliphatic carbocycles. The van der Waals surface area contributed by atoms with Crippen LogP contribution in [0.1, 0.15) is 41.8 Å². The van der Waals surface area contributed by atoms with E-state index < -0.39 is 0 Å². The van der Waals surface area contributed by atoms with Crippen molar-refractivity contribution in [3.8, 4) is 5.75 Å². The molecule has 0 saturated heterocycles. The molecule has 0 aromatic heterocycles. The van der Waals surface area contributed by atoms with Crippen LogP contribution in [0.15, 0.2) is 42.5 Å². The minimum absolute atomic E-state index is 0.147. The number of hydrazine groups is 1. The second kappa shape index (κ2) is 9.25. The van der Waals surface area contributed by atoms with Crippen LogP contribution in [0.3, 0.4) is 0 Å². The molecule has 0 aliphatic rings. The average Bonchev–Trinajstić information content (AvgIpc) is 2.66. The van der Waals surface area contributed by atoms with Crippen LogP contribution in [0.25, 0.3) is 0 Å². The molecule has 1 atom stereocenters. The molecule has 0 aliphatic heterocycles. The third-order valence-corrected chi connectivity index (χ3v) is 4.53. The molecule has 138 valence electrons. The van der Waals surface area contributed by atoms with Gasteiger partial charge in [-0.1, -0.05) is 37.6 Å². The Hall–Kier alpha value is -2.53. The first-order chi connectivity index (χ1) is 12.4. The summed E-state index contributed by atoms with van der Waals surface area (Å²) in [4.78, 5) is 23.7. The van der Waals surface area contributed by atoms with Crippen LogP contribution in [0.5, 0.6) is 5.75 Å². The number of hydrogen-bond acceptors (Lipinski definition) is 3. The van der Waals surface area contributed by atoms with Crippen LogP contribution in [0.4, 0.5) is 0 Å². The maximum absolute atomic E-state index is 12.1. The summed E-state index contributed by atoms with van der Waals surface area (Å²) in [5, 5.41) is 0.702. The maximum atomic E-state index is 12.1. The largest absolute Gasteiger partial charge is 0.489 e. The van der Waals surface area contributed by atoms with Gasteiger partial charge in [-0.05, 0) is 54.8 Å². The summed E-state index contributed by atoms with van der Waals surface area (Å²) in [6.45, 7) is 6.02. The Morgan fingerprint density at radius 2 is 1.81 bits per heavy atom. The van der Waals surface area contributed by atoms with Crippen LogP contribution in [0, 0.1) is 12.8 Å². The first-order valence-corrected chi connectivity index (χ1v) is 8.86. The van der Waals surface area contributed by atoms with Gasteiger partial charge < -0.3 is 4.74 Å². The van der Waals surface area contributed by atoms with Gasteiger partial charge in [-0.3, -0.25) is 20.4 Å². The van der Waals surface area contributed by atoms with E-state index >= 15 is 0 Å². The Bertz CT molecular complexity index is 775. The number of aryl methyl sites for hydroxylation is 1. The third-order valence-electron chi connectivity index (χ3n) is 4.11. The second-order valence-corrected chi connectivity index (χ2v) is 6.56. The van der Waals surface area contributed by atoms with E-state index in [2.05, 4.69) is 10.9 Å². The number of halogens is 1. The minimum atomic E-state index is -0.359. The maximum Gasteiger partial charge on any atom is 0.269 e. The van der Waals surface area contributed by atoms with Crippen molar-refractivity contribution in [2.24, 2.45) is 5.92 Å². The molecule has 0 fully saturated rings. The molecule has 0 heterocycles. The fourth-order valence-corrected chi connectivity index (χ4v) is 2.24. The monoisotopic (exact) mass is 374 g/mol. The van der Waals surface area contributed by atoms with Crippen LogP contribution in [-0.4, -0.2) is 11.8 Å². The third kappa shape index (κ3) is 5.49. The number of ether oxygens (including phenoxy) is 1. The lowest BCUT2D eigenvalue weighted by atomic mass is 10.1. The summed E-state index contributed by atoms with van der Waals surface area (Å²) in [5.41, 5.74) is 7.19. The van der Waals surface area contributed by atoms with Gasteiger partial charge >= 0.3 is 0 Å². The summed E-state index contributed by atoms with van der Waals surface area (Å²) in [6, 6.07) is 12.5. The molecule has 1 unspecified atom stereocenters. The number of amides is 2. The smallest absolute Gasteiger partial charge is 0.269 e. The van der Waals surface area contributed by atoms with Gasteiger partial charge in [-0.25, -0.2) is 0 Å². The van der Waals surface area contributed by atoms with E-state index in [4.69, 9.17) is 16.3 Å². The van der Waals surface area contributed by atoms with E-state index in [-0.39, 0.29) is 17.7 Å². The molecule has 6 heteroatoms. The predicted molar refractivity (Wildman–Crippen MR) is 102 cm³/mol. The van der Waals surface area contributed by atoms with E-state index in [1.165, 1.54) is 0 Å². The topological polar surface area (TPSA) is 67.4 Å². The Labute approximate surface area is 158 Å². The zero-order chi connectivity index (χ0) is 19.1. The van der Waals surface area contributed by atoms with Gasteiger partial charge in [0.15, 0.2) is 0 Å². The summed E-state index contributed by atoms with van der Waals surface area (Å²) >= 11 is 6.00. The molecule has 5 nitrogen and oxygen atoms in total. The van der Waals surface area contributed by atoms with Crippen molar-refractivity contribution in [1.82, 2.24) is 10.9 Å². The molecular weight excluding hydrogens is 352 g/mol. The number of benzene rings is 2. The highest BCUT2D eigenvalue weighted by atomic mass is 35.5. The van der Waals surface area contributed by atoms with Gasteiger partial charge in [0.1, 0.15) is 12.4 Å². The molecule has 2 N–H and O–H groups in total. The molecule has 26 heavy (non-hydrogen) atoms. The highest BCUT2D eigenvalue weighted by Gasteiger charge is 2.12. The summed E-state index contributed by atoms with van der Waals surface area (Å²) in [5.74, 6) is 0.0272. The van der Waals surface area contributed by atoms with E-state index in [1.54, 1.807) is 25.1 Å². The fourth-order valence-electron chi connectivity index (χ4n) is 2.13. The highest BCUT2D eigenvalue weighted by molar-refractivity contribution is 6.31. The number of carbonyl (C=O) groups excluding carboxylic acids is 2. The zero-order valence-corrected chi connectivity index (χ0v) is 15.9. The minimum Gasteiger partial charge on any atom is -0.489 e. The van der Waals surface area contributed by atoms with Crippen LogP contribution in [0.2, 0.25) is 5.02 Å². The van der Waals surface area contributed by atoms with Gasteiger partial charge in [0, 0.05) is 16.5 Å². The van der Waals surface area contributed by atoms with Crippen molar-refractivity contribution in [1.29, 1.82) is 0 Å². The quantitative estimate of drug-likeness (QED) is 0.750. The molecule has 2 aromatic rings. The first-order valence-electron chi connectivity index (χ1n) is 8.48. The van der Waals surface area contributed by atoms with Crippen LogP contribution >= 0.6 is 11.6 Å². The van der Waals surface area contributed by atoms with Crippen molar-refractivity contribution in [3.63, 3.8) is 0 Å². The molecule has 0 bridgehead atoms. The second-order valence-electron chi connectivity index (χ2n) is 6.15. The van der Waals surface area contributed by atoms with Gasteiger partial charge in [0.25, 0.3) is 5.91 Å². The number of hydrogen-bond donors (Lipinski definition) is 2. The summed E-state index contributed by atoms with van der Waals surface area (Å²) < 4.78 is 5.73. The number of carbonyl (C=O) groups is 2. The summed E-state index contributed by atoms with van der Waals surface area (Å²) in [7, 11) is 0. The summed E-state index contributed by atoms with van der Waals surface area (Å²) in [6.07, 6.45) is 0.712. The van der Waals surface area contributed by atoms with Gasteiger partial charge in [0.2, 0.25) is 5.91 Å². The Morgan fingerprint density at radius 1 is 1.12 bits per heavy atom. The zero-order valence-electron chi connectivity index (χ0n) is 15.1. The van der Waals surface area contributed by atoms with Gasteiger partial charge in [-0.2, -0.15) is 0 Å². The highest BCUT2D eigenvalue weighted by Crippen LogP contribution is 2.21. The van der Waals surface area contributed by atoms with Gasteiger partial charge in [-0.15, -0.1) is 0 Å². The van der Waals surface area contributed by atoms with Gasteiger partial charge in [0.05, 0.1) is 0 Å². The number of nitrogens with one attached hydrogen (secondary N) is 2. The van der Waals surface area contributed by atoms with Crippen molar-refractivity contribution in [3.05, 3.63) is 64.2 Å². The first kappa shape index (κ1) is 19.8. The van der Waals surface area contributed by atoms with Crippen molar-refractivity contribution in [2.45, 2.75) is 33.8 Å². The van der Waals surface area contributed by atoms with Crippen LogP contribution in [-0.2, 0) is 11.4 Å². The van der Waals surface area contributed by atoms with E-state index in [0.717, 1.165) is 16.9 Å². The lowest BCUT2D eigenvalue weighted by Gasteiger charge is -2.11.